The van der Waals surface area contributed by atoms with Gasteiger partial charge in [0.2, 0.25) is 0 Å². The van der Waals surface area contributed by atoms with Gasteiger partial charge in [0.1, 0.15) is 0 Å². The number of likely N-dealkylation sites (N-methyl/N-ethyl adjacent to an activating group) is 1. The molecular weight excluding hydrogens is 310 g/mol. The molecule has 1 heterocycles. The van der Waals surface area contributed by atoms with Gasteiger partial charge in [-0.15, -0.1) is 0 Å². The Morgan fingerprint density at radius 2 is 2.26 bits per heavy atom. The Morgan fingerprint density at radius 1 is 1.58 bits per heavy atom. The van der Waals surface area contributed by atoms with Gasteiger partial charge in [-0.05, 0) is 43.9 Å². The lowest BCUT2D eigenvalue weighted by molar-refractivity contribution is 0.0445. The second-order valence-electron chi connectivity index (χ2n) is 4.71. The van der Waals surface area contributed by atoms with Crippen LogP contribution in [0.3, 0.4) is 0 Å². The maximum absolute atomic E-state index is 5.69. The van der Waals surface area contributed by atoms with E-state index in [0.29, 0.717) is 6.61 Å². The summed E-state index contributed by atoms with van der Waals surface area (Å²) in [6.07, 6.45) is 1.77. The molecule has 0 spiro atoms. The molecule has 110 valence electrons. The van der Waals surface area contributed by atoms with Gasteiger partial charge < -0.3 is 9.64 Å². The molecule has 0 aliphatic rings. The van der Waals surface area contributed by atoms with Crippen molar-refractivity contribution in [3.05, 3.63) is 16.4 Å². The highest BCUT2D eigenvalue weighted by molar-refractivity contribution is 9.10. The fourth-order valence-electron chi connectivity index (χ4n) is 1.95. The average Bonchev–Trinajstić information content (AvgIpc) is 2.70. The topological polar surface area (TPSA) is 68.3 Å². The van der Waals surface area contributed by atoms with Gasteiger partial charge in [0.15, 0.2) is 0 Å². The van der Waals surface area contributed by atoms with Crippen molar-refractivity contribution in [2.75, 3.05) is 27.2 Å². The molecule has 0 fully saturated rings. The van der Waals surface area contributed by atoms with E-state index in [1.54, 1.807) is 6.20 Å². The number of hydrogen-bond donors (Lipinski definition) is 2. The number of halogens is 1. The standard InChI is InChI=1S/C12H24BrN5O/c1-5-19-9(2)11(16-14)12-10(13)8-15-18(12)7-6-17(3)4/h8-9,11,16H,5-7,14H2,1-4H3. The van der Waals surface area contributed by atoms with Crippen LogP contribution in [0.25, 0.3) is 0 Å². The Morgan fingerprint density at radius 3 is 2.79 bits per heavy atom. The third-order valence-corrected chi connectivity index (χ3v) is 3.58. The van der Waals surface area contributed by atoms with E-state index in [2.05, 4.69) is 31.4 Å². The third kappa shape index (κ3) is 4.54. The quantitative estimate of drug-likeness (QED) is 0.551. The second-order valence-corrected chi connectivity index (χ2v) is 5.56. The summed E-state index contributed by atoms with van der Waals surface area (Å²) in [4.78, 5) is 2.12. The van der Waals surface area contributed by atoms with Crippen molar-refractivity contribution in [1.29, 1.82) is 0 Å². The second kappa shape index (κ2) is 7.96. The number of aromatic nitrogens is 2. The van der Waals surface area contributed by atoms with Crippen LogP contribution in [0, 0.1) is 0 Å². The van der Waals surface area contributed by atoms with E-state index in [1.807, 2.05) is 32.6 Å². The number of rotatable bonds is 8. The van der Waals surface area contributed by atoms with Gasteiger partial charge >= 0.3 is 0 Å². The highest BCUT2D eigenvalue weighted by Crippen LogP contribution is 2.26. The van der Waals surface area contributed by atoms with Crippen LogP contribution in [0.1, 0.15) is 25.6 Å². The highest BCUT2D eigenvalue weighted by Gasteiger charge is 2.25. The molecule has 0 aliphatic heterocycles. The van der Waals surface area contributed by atoms with E-state index < -0.39 is 0 Å². The molecule has 1 aromatic heterocycles. The maximum Gasteiger partial charge on any atom is 0.0899 e. The number of nitrogens with zero attached hydrogens (tertiary/aromatic N) is 3. The van der Waals surface area contributed by atoms with Crippen LogP contribution in [0.2, 0.25) is 0 Å². The third-order valence-electron chi connectivity index (χ3n) is 2.97. The van der Waals surface area contributed by atoms with Crippen molar-refractivity contribution in [3.63, 3.8) is 0 Å². The van der Waals surface area contributed by atoms with Crippen molar-refractivity contribution in [1.82, 2.24) is 20.1 Å². The Hall–Kier alpha value is -0.470. The molecule has 0 aliphatic carbocycles. The van der Waals surface area contributed by atoms with Crippen LogP contribution in [0.4, 0.5) is 0 Å². The van der Waals surface area contributed by atoms with Crippen molar-refractivity contribution in [2.45, 2.75) is 32.5 Å². The van der Waals surface area contributed by atoms with Crippen LogP contribution in [-0.2, 0) is 11.3 Å². The fourth-order valence-corrected chi connectivity index (χ4v) is 2.49. The Bertz CT molecular complexity index is 382. The van der Waals surface area contributed by atoms with Crippen LogP contribution in [0.5, 0.6) is 0 Å². The summed E-state index contributed by atoms with van der Waals surface area (Å²) in [5, 5.41) is 4.39. The highest BCUT2D eigenvalue weighted by atomic mass is 79.9. The summed E-state index contributed by atoms with van der Waals surface area (Å²) >= 11 is 3.54. The summed E-state index contributed by atoms with van der Waals surface area (Å²) < 4.78 is 8.55. The van der Waals surface area contributed by atoms with Gasteiger partial charge in [0, 0.05) is 13.2 Å². The molecule has 19 heavy (non-hydrogen) atoms. The van der Waals surface area contributed by atoms with Gasteiger partial charge in [-0.2, -0.15) is 5.10 Å². The van der Waals surface area contributed by atoms with Crippen LogP contribution in [0.15, 0.2) is 10.7 Å². The zero-order valence-electron chi connectivity index (χ0n) is 12.1. The Kier molecular flexibility index (Phi) is 6.95. The smallest absolute Gasteiger partial charge is 0.0899 e. The minimum Gasteiger partial charge on any atom is -0.377 e. The number of nitrogens with one attached hydrogen (secondary N) is 1. The summed E-state index contributed by atoms with van der Waals surface area (Å²) in [7, 11) is 4.08. The molecule has 0 saturated heterocycles. The van der Waals surface area contributed by atoms with E-state index in [9.17, 15) is 0 Å². The van der Waals surface area contributed by atoms with Crippen LogP contribution in [-0.4, -0.2) is 48.0 Å². The molecular formula is C12H24BrN5O. The molecule has 2 atom stereocenters. The first-order chi connectivity index (χ1) is 9.01. The summed E-state index contributed by atoms with van der Waals surface area (Å²) in [5.41, 5.74) is 3.85. The molecule has 7 heteroatoms. The number of hydrogen-bond acceptors (Lipinski definition) is 5. The summed E-state index contributed by atoms with van der Waals surface area (Å²) in [6.45, 7) is 6.36. The minimum absolute atomic E-state index is 0.0268. The van der Waals surface area contributed by atoms with Gasteiger partial charge in [-0.3, -0.25) is 10.5 Å². The van der Waals surface area contributed by atoms with E-state index in [1.165, 1.54) is 0 Å². The van der Waals surface area contributed by atoms with Gasteiger partial charge in [-0.25, -0.2) is 5.43 Å². The first-order valence-corrected chi connectivity index (χ1v) is 7.24. The Labute approximate surface area is 123 Å². The zero-order chi connectivity index (χ0) is 14.4. The van der Waals surface area contributed by atoms with E-state index in [-0.39, 0.29) is 12.1 Å². The number of ether oxygens (including phenoxy) is 1. The molecule has 0 saturated carbocycles. The van der Waals surface area contributed by atoms with Crippen LogP contribution >= 0.6 is 15.9 Å². The fraction of sp³-hybridized carbons (Fsp3) is 0.750. The van der Waals surface area contributed by atoms with E-state index in [0.717, 1.165) is 23.3 Å². The monoisotopic (exact) mass is 333 g/mol. The maximum atomic E-state index is 5.69. The molecule has 2 unspecified atom stereocenters. The largest absolute Gasteiger partial charge is 0.377 e. The van der Waals surface area contributed by atoms with Gasteiger partial charge in [0.05, 0.1) is 35.1 Å². The molecule has 0 aromatic carbocycles. The SMILES string of the molecule is CCOC(C)C(NN)c1c(Br)cnn1CCN(C)C. The molecule has 6 nitrogen and oxygen atoms in total. The van der Waals surface area contributed by atoms with Crippen molar-refractivity contribution >= 4 is 15.9 Å². The minimum atomic E-state index is -0.0982. The van der Waals surface area contributed by atoms with Crippen molar-refractivity contribution < 1.29 is 4.74 Å². The van der Waals surface area contributed by atoms with Crippen molar-refractivity contribution in [3.8, 4) is 0 Å². The first-order valence-electron chi connectivity index (χ1n) is 6.44. The van der Waals surface area contributed by atoms with Gasteiger partial charge in [0.25, 0.3) is 0 Å². The zero-order valence-corrected chi connectivity index (χ0v) is 13.6. The number of nitrogens with two attached hydrogens (primary N) is 1. The summed E-state index contributed by atoms with van der Waals surface area (Å²) in [5.74, 6) is 5.69. The van der Waals surface area contributed by atoms with Crippen molar-refractivity contribution in [2.24, 2.45) is 5.84 Å². The van der Waals surface area contributed by atoms with E-state index in [4.69, 9.17) is 10.6 Å². The first kappa shape index (κ1) is 16.6. The lowest BCUT2D eigenvalue weighted by atomic mass is 10.1. The van der Waals surface area contributed by atoms with Gasteiger partial charge in [-0.1, -0.05) is 0 Å². The molecule has 3 N–H and O–H groups in total. The van der Waals surface area contributed by atoms with Crippen LogP contribution < -0.4 is 11.3 Å². The molecule has 0 amide bonds. The molecule has 0 bridgehead atoms. The van der Waals surface area contributed by atoms with E-state index >= 15 is 0 Å². The number of hydrazine groups is 1. The Balaban J connectivity index is 2.92. The molecule has 1 aromatic rings. The summed E-state index contributed by atoms with van der Waals surface area (Å²) in [6, 6.07) is -0.0982. The lowest BCUT2D eigenvalue weighted by Gasteiger charge is -2.25. The average molecular weight is 334 g/mol. The lowest BCUT2D eigenvalue weighted by Crippen LogP contribution is -2.38. The predicted octanol–water partition coefficient (Wildman–Crippen LogP) is 1.14. The molecule has 0 radical (unpaired) electrons. The predicted molar refractivity (Wildman–Crippen MR) is 79.6 cm³/mol. The normalized spacial score (nSPS) is 14.9. The molecule has 1 rings (SSSR count).